The van der Waals surface area contributed by atoms with Gasteiger partial charge >= 0.3 is 0 Å². The number of hydrogen-bond acceptors (Lipinski definition) is 3. The highest BCUT2D eigenvalue weighted by Gasteiger charge is 2.16. The number of hydrogen-bond donors (Lipinski definition) is 2. The van der Waals surface area contributed by atoms with Crippen LogP contribution in [0.5, 0.6) is 0 Å². The third-order valence-corrected chi connectivity index (χ3v) is 2.97. The molecule has 0 unspecified atom stereocenters. The van der Waals surface area contributed by atoms with Crippen LogP contribution in [0.25, 0.3) is 0 Å². The van der Waals surface area contributed by atoms with Gasteiger partial charge in [-0.25, -0.2) is 0 Å². The third-order valence-electron chi connectivity index (χ3n) is 2.31. The highest BCUT2D eigenvalue weighted by atomic mass is 79.9. The van der Waals surface area contributed by atoms with Crippen molar-refractivity contribution in [3.8, 4) is 6.07 Å². The van der Waals surface area contributed by atoms with E-state index >= 15 is 0 Å². The molecular formula is C12H15BrN2O. The molecule has 0 spiro atoms. The number of aliphatic hydroxyl groups is 1. The molecule has 1 aromatic rings. The largest absolute Gasteiger partial charge is 0.396 e. The number of nitrogens with one attached hydrogen (secondary N) is 1. The molecule has 0 amide bonds. The van der Waals surface area contributed by atoms with Crippen LogP contribution in [0.15, 0.2) is 22.7 Å². The first-order valence-electron chi connectivity index (χ1n) is 5.07. The van der Waals surface area contributed by atoms with Crippen molar-refractivity contribution < 1.29 is 5.11 Å². The molecule has 0 aliphatic carbocycles. The molecule has 1 rings (SSSR count). The number of anilines is 1. The summed E-state index contributed by atoms with van der Waals surface area (Å²) < 4.78 is 0.778. The summed E-state index contributed by atoms with van der Waals surface area (Å²) in [6, 6.07) is 7.60. The quantitative estimate of drug-likeness (QED) is 0.893. The summed E-state index contributed by atoms with van der Waals surface area (Å²) in [7, 11) is 0. The van der Waals surface area contributed by atoms with Gasteiger partial charge in [-0.3, -0.25) is 0 Å². The van der Waals surface area contributed by atoms with Crippen molar-refractivity contribution in [2.24, 2.45) is 0 Å². The van der Waals surface area contributed by atoms with E-state index in [2.05, 4.69) is 27.3 Å². The van der Waals surface area contributed by atoms with E-state index in [0.717, 1.165) is 10.2 Å². The van der Waals surface area contributed by atoms with Crippen molar-refractivity contribution in [1.82, 2.24) is 0 Å². The van der Waals surface area contributed by atoms with Crippen LogP contribution >= 0.6 is 15.9 Å². The SMILES string of the molecule is CC(C)(CCO)Nc1ccc(C#N)c(Br)c1. The summed E-state index contributed by atoms with van der Waals surface area (Å²) in [5, 5.41) is 21.0. The number of nitrogens with zero attached hydrogens (tertiary/aromatic N) is 1. The number of aliphatic hydroxyl groups excluding tert-OH is 1. The summed E-state index contributed by atoms with van der Waals surface area (Å²) in [5.41, 5.74) is 1.39. The lowest BCUT2D eigenvalue weighted by atomic mass is 10.0. The summed E-state index contributed by atoms with van der Waals surface area (Å²) in [6.45, 7) is 4.20. The average Bonchev–Trinajstić information content (AvgIpc) is 2.17. The lowest BCUT2D eigenvalue weighted by Crippen LogP contribution is -2.31. The molecule has 1 aromatic carbocycles. The van der Waals surface area contributed by atoms with E-state index < -0.39 is 0 Å². The molecule has 2 N–H and O–H groups in total. The van der Waals surface area contributed by atoms with Crippen molar-refractivity contribution in [2.45, 2.75) is 25.8 Å². The molecule has 0 aliphatic rings. The Morgan fingerprint density at radius 1 is 1.50 bits per heavy atom. The number of nitriles is 1. The van der Waals surface area contributed by atoms with E-state index in [-0.39, 0.29) is 12.1 Å². The summed E-state index contributed by atoms with van der Waals surface area (Å²) in [5.74, 6) is 0. The molecule has 0 aromatic heterocycles. The minimum atomic E-state index is -0.164. The maximum Gasteiger partial charge on any atom is 0.100 e. The summed E-state index contributed by atoms with van der Waals surface area (Å²) in [6.07, 6.45) is 0.671. The minimum absolute atomic E-state index is 0.150. The predicted molar refractivity (Wildman–Crippen MR) is 68.3 cm³/mol. The Morgan fingerprint density at radius 3 is 2.69 bits per heavy atom. The van der Waals surface area contributed by atoms with Crippen LogP contribution < -0.4 is 5.32 Å². The number of benzene rings is 1. The second kappa shape index (κ2) is 5.33. The summed E-state index contributed by atoms with van der Waals surface area (Å²) >= 11 is 3.34. The second-order valence-corrected chi connectivity index (χ2v) is 5.14. The third kappa shape index (κ3) is 3.51. The van der Waals surface area contributed by atoms with Gasteiger partial charge in [0.05, 0.1) is 5.56 Å². The van der Waals surface area contributed by atoms with E-state index in [1.807, 2.05) is 26.0 Å². The van der Waals surface area contributed by atoms with Gasteiger partial charge in [0.25, 0.3) is 0 Å². The van der Waals surface area contributed by atoms with Gasteiger partial charge in [-0.2, -0.15) is 5.26 Å². The van der Waals surface area contributed by atoms with Crippen molar-refractivity contribution in [2.75, 3.05) is 11.9 Å². The molecule has 0 atom stereocenters. The van der Waals surface area contributed by atoms with Crippen molar-refractivity contribution in [1.29, 1.82) is 5.26 Å². The first-order chi connectivity index (χ1) is 7.48. The fourth-order valence-corrected chi connectivity index (χ4v) is 1.88. The zero-order valence-electron chi connectivity index (χ0n) is 9.42. The zero-order chi connectivity index (χ0) is 12.2. The van der Waals surface area contributed by atoms with Crippen LogP contribution in [0.2, 0.25) is 0 Å². The molecule has 0 aliphatic heterocycles. The van der Waals surface area contributed by atoms with Gasteiger partial charge in [0, 0.05) is 22.3 Å². The maximum atomic E-state index is 8.92. The van der Waals surface area contributed by atoms with Crippen LogP contribution in [0.4, 0.5) is 5.69 Å². The van der Waals surface area contributed by atoms with Crippen LogP contribution in [0, 0.1) is 11.3 Å². The lowest BCUT2D eigenvalue weighted by molar-refractivity contribution is 0.261. The number of halogens is 1. The van der Waals surface area contributed by atoms with Crippen LogP contribution in [-0.4, -0.2) is 17.3 Å². The Hall–Kier alpha value is -1.05. The van der Waals surface area contributed by atoms with E-state index in [0.29, 0.717) is 12.0 Å². The Balaban J connectivity index is 2.84. The van der Waals surface area contributed by atoms with E-state index in [1.165, 1.54) is 0 Å². The smallest absolute Gasteiger partial charge is 0.100 e. The summed E-state index contributed by atoms with van der Waals surface area (Å²) in [4.78, 5) is 0. The monoisotopic (exact) mass is 282 g/mol. The zero-order valence-corrected chi connectivity index (χ0v) is 11.0. The molecule has 0 bridgehead atoms. The minimum Gasteiger partial charge on any atom is -0.396 e. The van der Waals surface area contributed by atoms with E-state index in [4.69, 9.17) is 10.4 Å². The molecule has 0 radical (unpaired) electrons. The highest BCUT2D eigenvalue weighted by molar-refractivity contribution is 9.10. The molecule has 0 fully saturated rings. The first kappa shape index (κ1) is 13.0. The van der Waals surface area contributed by atoms with Gasteiger partial charge in [0.1, 0.15) is 6.07 Å². The Labute approximate surface area is 104 Å². The molecule has 16 heavy (non-hydrogen) atoms. The average molecular weight is 283 g/mol. The topological polar surface area (TPSA) is 56.0 Å². The predicted octanol–water partition coefficient (Wildman–Crippen LogP) is 2.89. The Bertz CT molecular complexity index is 410. The van der Waals surface area contributed by atoms with Crippen LogP contribution in [0.1, 0.15) is 25.8 Å². The Morgan fingerprint density at radius 2 is 2.19 bits per heavy atom. The fourth-order valence-electron chi connectivity index (χ4n) is 1.42. The van der Waals surface area contributed by atoms with Gasteiger partial charge in [0.15, 0.2) is 0 Å². The second-order valence-electron chi connectivity index (χ2n) is 4.29. The van der Waals surface area contributed by atoms with Gasteiger partial charge in [-0.15, -0.1) is 0 Å². The molecule has 0 saturated carbocycles. The first-order valence-corrected chi connectivity index (χ1v) is 5.86. The Kier molecular flexibility index (Phi) is 4.34. The lowest BCUT2D eigenvalue weighted by Gasteiger charge is -2.26. The van der Waals surface area contributed by atoms with E-state index in [1.54, 1.807) is 6.07 Å². The van der Waals surface area contributed by atoms with Gasteiger partial charge < -0.3 is 10.4 Å². The highest BCUT2D eigenvalue weighted by Crippen LogP contribution is 2.24. The fraction of sp³-hybridized carbons (Fsp3) is 0.417. The maximum absolute atomic E-state index is 8.92. The standard InChI is InChI=1S/C12H15BrN2O/c1-12(2,5-6-16)15-10-4-3-9(8-14)11(13)7-10/h3-4,7,15-16H,5-6H2,1-2H3. The van der Waals surface area contributed by atoms with Gasteiger partial charge in [-0.1, -0.05) is 0 Å². The van der Waals surface area contributed by atoms with Crippen LogP contribution in [-0.2, 0) is 0 Å². The number of rotatable bonds is 4. The van der Waals surface area contributed by atoms with E-state index in [9.17, 15) is 0 Å². The van der Waals surface area contributed by atoms with Crippen molar-refractivity contribution in [3.05, 3.63) is 28.2 Å². The molecule has 0 saturated heterocycles. The van der Waals surface area contributed by atoms with Gasteiger partial charge in [0.2, 0.25) is 0 Å². The van der Waals surface area contributed by atoms with Crippen molar-refractivity contribution >= 4 is 21.6 Å². The molecule has 3 nitrogen and oxygen atoms in total. The van der Waals surface area contributed by atoms with Crippen molar-refractivity contribution in [3.63, 3.8) is 0 Å². The molecule has 0 heterocycles. The molecule has 4 heteroatoms. The van der Waals surface area contributed by atoms with Gasteiger partial charge in [-0.05, 0) is 54.4 Å². The molecule has 86 valence electrons. The van der Waals surface area contributed by atoms with Crippen LogP contribution in [0.3, 0.4) is 0 Å². The normalized spacial score (nSPS) is 10.9. The molecular weight excluding hydrogens is 268 g/mol.